The van der Waals surface area contributed by atoms with Crippen LogP contribution in [0.1, 0.15) is 18.1 Å². The molecule has 10 heteroatoms. The zero-order chi connectivity index (χ0) is 22.5. The largest absolute Gasteiger partial charge is 0.488 e. The summed E-state index contributed by atoms with van der Waals surface area (Å²) in [6.45, 7) is 1.62. The molecule has 0 aliphatic carbocycles. The number of thioether (sulfide) groups is 1. The van der Waals surface area contributed by atoms with Crippen LogP contribution in [0.15, 0.2) is 45.8 Å². The average molecular weight is 545 g/mol. The zero-order valence-corrected chi connectivity index (χ0v) is 20.1. The zero-order valence-electron chi connectivity index (χ0n) is 16.2. The molecule has 2 aromatic rings. The van der Waals surface area contributed by atoms with Crippen LogP contribution in [0.2, 0.25) is 10.0 Å². The molecule has 0 atom stereocenters. The van der Waals surface area contributed by atoms with Gasteiger partial charge in [-0.3, -0.25) is 19.3 Å². The van der Waals surface area contributed by atoms with Crippen LogP contribution >= 0.6 is 50.9 Å². The second kappa shape index (κ2) is 10.5. The summed E-state index contributed by atoms with van der Waals surface area (Å²) in [5, 5.41) is 0.347. The van der Waals surface area contributed by atoms with Crippen LogP contribution in [-0.2, 0) is 20.9 Å². The quantitative estimate of drug-likeness (QED) is 0.317. The first-order chi connectivity index (χ1) is 14.8. The van der Waals surface area contributed by atoms with E-state index in [2.05, 4.69) is 15.9 Å². The molecule has 2 amide bonds. The van der Waals surface area contributed by atoms with Crippen LogP contribution in [0.25, 0.3) is 6.08 Å². The number of nitrogens with zero attached hydrogens (tertiary/aromatic N) is 1. The fourth-order valence-corrected chi connectivity index (χ4v) is 4.20. The van der Waals surface area contributed by atoms with E-state index in [4.69, 9.17) is 32.7 Å². The molecular formula is C21H16BrCl2NO5S. The van der Waals surface area contributed by atoms with Crippen LogP contribution in [-0.4, -0.2) is 35.2 Å². The number of imide groups is 1. The predicted octanol–water partition coefficient (Wildman–Crippen LogP) is 5.93. The van der Waals surface area contributed by atoms with Crippen LogP contribution in [0.5, 0.6) is 5.75 Å². The Morgan fingerprint density at radius 3 is 2.65 bits per heavy atom. The molecule has 6 nitrogen and oxygen atoms in total. The maximum absolute atomic E-state index is 12.6. The summed E-state index contributed by atoms with van der Waals surface area (Å²) in [4.78, 5) is 37.6. The van der Waals surface area contributed by atoms with Gasteiger partial charge in [0.25, 0.3) is 11.1 Å². The van der Waals surface area contributed by atoms with Gasteiger partial charge in [0, 0.05) is 10.0 Å². The lowest BCUT2D eigenvalue weighted by atomic mass is 10.1. The van der Waals surface area contributed by atoms with E-state index in [1.807, 2.05) is 0 Å². The summed E-state index contributed by atoms with van der Waals surface area (Å²) in [7, 11) is 0. The first kappa shape index (κ1) is 23.7. The van der Waals surface area contributed by atoms with Gasteiger partial charge in [-0.25, -0.2) is 0 Å². The number of halogens is 3. The third-order valence-corrected chi connectivity index (χ3v) is 6.24. The van der Waals surface area contributed by atoms with Gasteiger partial charge in [0.1, 0.15) is 18.9 Å². The molecule has 0 N–H and O–H groups in total. The highest BCUT2D eigenvalue weighted by Gasteiger charge is 2.36. The smallest absolute Gasteiger partial charge is 0.326 e. The Hall–Kier alpha value is -2.00. The number of carbonyl (C=O) groups excluding carboxylic acids is 3. The summed E-state index contributed by atoms with van der Waals surface area (Å²) in [5.41, 5.74) is 1.41. The standard InChI is InChI=1S/C21H16BrCl2NO5S/c1-2-29-19(26)10-25-20(27)18(31-21(25)28)9-13-8-14(22)4-6-17(13)30-11-12-3-5-15(23)16(24)7-12/h3-9H,2,10-11H2,1H3/b18-9+. The fourth-order valence-electron chi connectivity index (χ4n) is 2.67. The highest BCUT2D eigenvalue weighted by atomic mass is 79.9. The monoisotopic (exact) mass is 543 g/mol. The predicted molar refractivity (Wildman–Crippen MR) is 124 cm³/mol. The summed E-state index contributed by atoms with van der Waals surface area (Å²) in [5.74, 6) is -0.691. The first-order valence-corrected chi connectivity index (χ1v) is 11.4. The number of amides is 2. The molecule has 0 bridgehead atoms. The topological polar surface area (TPSA) is 72.9 Å². The van der Waals surface area contributed by atoms with E-state index in [-0.39, 0.29) is 18.1 Å². The molecule has 0 aromatic heterocycles. The lowest BCUT2D eigenvalue weighted by molar-refractivity contribution is -0.145. The van der Waals surface area contributed by atoms with Crippen molar-refractivity contribution in [1.82, 2.24) is 4.90 Å². The highest BCUT2D eigenvalue weighted by molar-refractivity contribution is 9.10. The van der Waals surface area contributed by atoms with Gasteiger partial charge in [0.2, 0.25) is 0 Å². The van der Waals surface area contributed by atoms with Crippen LogP contribution in [0.4, 0.5) is 4.79 Å². The van der Waals surface area contributed by atoms with Gasteiger partial charge in [-0.1, -0.05) is 45.2 Å². The average Bonchev–Trinajstić information content (AvgIpc) is 2.97. The molecule has 31 heavy (non-hydrogen) atoms. The molecule has 1 fully saturated rings. The van der Waals surface area contributed by atoms with Gasteiger partial charge in [-0.05, 0) is 60.7 Å². The third-order valence-electron chi connectivity index (χ3n) is 4.10. The fraction of sp³-hybridized carbons (Fsp3) is 0.190. The maximum Gasteiger partial charge on any atom is 0.326 e. The van der Waals surface area contributed by atoms with E-state index in [0.717, 1.165) is 26.7 Å². The Labute approximate surface area is 201 Å². The van der Waals surface area contributed by atoms with Gasteiger partial charge < -0.3 is 9.47 Å². The molecule has 1 saturated heterocycles. The first-order valence-electron chi connectivity index (χ1n) is 9.05. The molecule has 1 heterocycles. The van der Waals surface area contributed by atoms with E-state index < -0.39 is 23.7 Å². The number of ether oxygens (including phenoxy) is 2. The number of hydrogen-bond donors (Lipinski definition) is 0. The van der Waals surface area contributed by atoms with Crippen molar-refractivity contribution in [3.63, 3.8) is 0 Å². The summed E-state index contributed by atoms with van der Waals surface area (Å²) >= 11 is 16.1. The molecule has 0 spiro atoms. The minimum atomic E-state index is -0.640. The summed E-state index contributed by atoms with van der Waals surface area (Å²) < 4.78 is 11.5. The van der Waals surface area contributed by atoms with Crippen molar-refractivity contribution in [2.24, 2.45) is 0 Å². The molecule has 0 unspecified atom stereocenters. The van der Waals surface area contributed by atoms with Crippen LogP contribution < -0.4 is 4.74 Å². The van der Waals surface area contributed by atoms with Crippen molar-refractivity contribution in [1.29, 1.82) is 0 Å². The lowest BCUT2D eigenvalue weighted by Crippen LogP contribution is -2.34. The van der Waals surface area contributed by atoms with Crippen LogP contribution in [0.3, 0.4) is 0 Å². The van der Waals surface area contributed by atoms with Gasteiger partial charge in [0.05, 0.1) is 21.6 Å². The van der Waals surface area contributed by atoms with Crippen molar-refractivity contribution >= 4 is 74.1 Å². The molecule has 0 saturated carbocycles. The number of rotatable bonds is 7. The minimum Gasteiger partial charge on any atom is -0.488 e. The number of esters is 1. The second-order valence-electron chi connectivity index (χ2n) is 6.29. The van der Waals surface area contributed by atoms with Crippen molar-refractivity contribution in [2.75, 3.05) is 13.2 Å². The van der Waals surface area contributed by atoms with Gasteiger partial charge in [-0.15, -0.1) is 0 Å². The Balaban J connectivity index is 1.80. The highest BCUT2D eigenvalue weighted by Crippen LogP contribution is 2.35. The lowest BCUT2D eigenvalue weighted by Gasteiger charge is -2.12. The van der Waals surface area contributed by atoms with Gasteiger partial charge in [0.15, 0.2) is 0 Å². The van der Waals surface area contributed by atoms with Crippen molar-refractivity contribution in [3.8, 4) is 5.75 Å². The van der Waals surface area contributed by atoms with Crippen molar-refractivity contribution in [2.45, 2.75) is 13.5 Å². The Morgan fingerprint density at radius 2 is 1.94 bits per heavy atom. The van der Waals surface area contributed by atoms with E-state index in [1.54, 1.807) is 49.4 Å². The molecule has 162 valence electrons. The number of benzene rings is 2. The van der Waals surface area contributed by atoms with E-state index in [0.29, 0.717) is 21.4 Å². The Bertz CT molecular complexity index is 1080. The molecular weight excluding hydrogens is 529 g/mol. The van der Waals surface area contributed by atoms with E-state index in [9.17, 15) is 14.4 Å². The van der Waals surface area contributed by atoms with Crippen molar-refractivity contribution < 1.29 is 23.9 Å². The molecule has 1 aliphatic rings. The van der Waals surface area contributed by atoms with Crippen molar-refractivity contribution in [3.05, 3.63) is 66.9 Å². The summed E-state index contributed by atoms with van der Waals surface area (Å²) in [6.07, 6.45) is 1.56. The SMILES string of the molecule is CCOC(=O)CN1C(=O)S/C(=C/c2cc(Br)ccc2OCc2ccc(Cl)c(Cl)c2)C1=O. The van der Waals surface area contributed by atoms with E-state index >= 15 is 0 Å². The number of carbonyl (C=O) groups is 3. The maximum atomic E-state index is 12.6. The van der Waals surface area contributed by atoms with Crippen LogP contribution in [0, 0.1) is 0 Å². The Kier molecular flexibility index (Phi) is 8.05. The molecule has 0 radical (unpaired) electrons. The Morgan fingerprint density at radius 1 is 1.16 bits per heavy atom. The molecule has 3 rings (SSSR count). The normalized spacial score (nSPS) is 15.0. The number of hydrogen-bond acceptors (Lipinski definition) is 6. The third kappa shape index (κ3) is 6.04. The van der Waals surface area contributed by atoms with E-state index in [1.165, 1.54) is 0 Å². The van der Waals surface area contributed by atoms with Gasteiger partial charge >= 0.3 is 5.97 Å². The molecule has 2 aromatic carbocycles. The summed E-state index contributed by atoms with van der Waals surface area (Å²) in [6, 6.07) is 10.5. The second-order valence-corrected chi connectivity index (χ2v) is 9.02. The minimum absolute atomic E-state index is 0.169. The molecule has 1 aliphatic heterocycles. The van der Waals surface area contributed by atoms with Gasteiger partial charge in [-0.2, -0.15) is 0 Å².